The number of rotatable bonds is 17. The van der Waals surface area contributed by atoms with Crippen LogP contribution in [-0.2, 0) is 9.47 Å². The first-order chi connectivity index (χ1) is 14.7. The first kappa shape index (κ1) is 25.9. The van der Waals surface area contributed by atoms with Crippen LogP contribution in [0.3, 0.4) is 0 Å². The van der Waals surface area contributed by atoms with Crippen LogP contribution in [0.4, 0.5) is 0 Å². The molecule has 0 atom stereocenters. The van der Waals surface area contributed by atoms with Crippen LogP contribution in [0.25, 0.3) is 0 Å². The molecule has 1 aromatic carbocycles. The second kappa shape index (κ2) is 17.7. The molecule has 0 N–H and O–H groups in total. The van der Waals surface area contributed by atoms with Gasteiger partial charge in [-0.3, -0.25) is 0 Å². The Balaban J connectivity index is 2.33. The molecule has 0 unspecified atom stereocenters. The molecule has 0 saturated heterocycles. The van der Waals surface area contributed by atoms with E-state index in [2.05, 4.69) is 19.9 Å². The number of hydrogen-bond donors (Lipinski definition) is 0. The smallest absolute Gasteiger partial charge is 0.339 e. The summed E-state index contributed by atoms with van der Waals surface area (Å²) in [5, 5.41) is 0. The Kier molecular flexibility index (Phi) is 15.3. The van der Waals surface area contributed by atoms with Crippen LogP contribution in [0, 0.1) is 0 Å². The zero-order valence-corrected chi connectivity index (χ0v) is 19.0. The largest absolute Gasteiger partial charge is 0.462 e. The van der Waals surface area contributed by atoms with Crippen LogP contribution < -0.4 is 0 Å². The Morgan fingerprint density at radius 1 is 0.700 bits per heavy atom. The van der Waals surface area contributed by atoms with Gasteiger partial charge in [0.25, 0.3) is 0 Å². The van der Waals surface area contributed by atoms with E-state index in [-0.39, 0.29) is 17.7 Å². The monoisotopic (exact) mass is 416 g/mol. The molecule has 0 saturated carbocycles. The molecule has 4 nitrogen and oxygen atoms in total. The van der Waals surface area contributed by atoms with E-state index in [1.165, 1.54) is 51.4 Å². The topological polar surface area (TPSA) is 52.6 Å². The molecule has 0 aromatic heterocycles. The fraction of sp³-hybridized carbons (Fsp3) is 0.615. The van der Waals surface area contributed by atoms with Crippen LogP contribution in [0.5, 0.6) is 0 Å². The normalized spacial score (nSPS) is 11.0. The highest BCUT2D eigenvalue weighted by Gasteiger charge is 2.18. The van der Waals surface area contributed by atoms with Gasteiger partial charge in [0.2, 0.25) is 0 Å². The highest BCUT2D eigenvalue weighted by Crippen LogP contribution is 2.13. The van der Waals surface area contributed by atoms with Gasteiger partial charge in [-0.25, -0.2) is 9.59 Å². The zero-order chi connectivity index (χ0) is 21.9. The van der Waals surface area contributed by atoms with Crippen molar-refractivity contribution < 1.29 is 19.1 Å². The molecule has 0 radical (unpaired) electrons. The Hall–Kier alpha value is -2.10. The van der Waals surface area contributed by atoms with Crippen LogP contribution in [0.1, 0.15) is 112 Å². The van der Waals surface area contributed by atoms with Crippen molar-refractivity contribution in [3.05, 3.63) is 47.5 Å². The molecule has 30 heavy (non-hydrogen) atoms. The van der Waals surface area contributed by atoms with Gasteiger partial charge in [0, 0.05) is 0 Å². The number of benzene rings is 1. The molecule has 0 spiro atoms. The lowest BCUT2D eigenvalue weighted by Gasteiger charge is -2.09. The molecule has 0 bridgehead atoms. The molecule has 0 aliphatic heterocycles. The van der Waals surface area contributed by atoms with E-state index >= 15 is 0 Å². The lowest BCUT2D eigenvalue weighted by Crippen LogP contribution is -2.14. The van der Waals surface area contributed by atoms with Gasteiger partial charge in [0.05, 0.1) is 17.7 Å². The second-order valence-electron chi connectivity index (χ2n) is 7.72. The third-order valence-electron chi connectivity index (χ3n) is 5.05. The Labute approximate surface area is 183 Å². The minimum Gasteiger partial charge on any atom is -0.462 e. The van der Waals surface area contributed by atoms with Crippen molar-refractivity contribution in [3.63, 3.8) is 0 Å². The molecular weight excluding hydrogens is 376 g/mol. The van der Waals surface area contributed by atoms with Gasteiger partial charge in [-0.1, -0.05) is 95.9 Å². The number of esters is 2. The van der Waals surface area contributed by atoms with Gasteiger partial charge >= 0.3 is 11.9 Å². The van der Waals surface area contributed by atoms with Gasteiger partial charge in [-0.05, 0) is 31.4 Å². The van der Waals surface area contributed by atoms with E-state index in [9.17, 15) is 9.59 Å². The van der Waals surface area contributed by atoms with Crippen molar-refractivity contribution in [2.45, 2.75) is 90.9 Å². The Morgan fingerprint density at radius 2 is 1.23 bits per heavy atom. The van der Waals surface area contributed by atoms with E-state index in [0.717, 1.165) is 25.7 Å². The van der Waals surface area contributed by atoms with Crippen LogP contribution >= 0.6 is 0 Å². The highest BCUT2D eigenvalue weighted by atomic mass is 16.5. The van der Waals surface area contributed by atoms with Crippen molar-refractivity contribution in [1.29, 1.82) is 0 Å². The standard InChI is InChI=1S/C26H40O4/c1-3-5-7-9-10-11-12-14-18-22-30-26(28)24-20-16-15-19-23(24)25(27)29-21-17-13-8-6-4-2/h14-16,18-20H,3-13,17,21-22H2,1-2H3/b18-14+. The highest BCUT2D eigenvalue weighted by molar-refractivity contribution is 6.03. The molecular formula is C26H40O4. The fourth-order valence-corrected chi connectivity index (χ4v) is 3.22. The SMILES string of the molecule is CCCCCCCC/C=C/COC(=O)c1ccccc1C(=O)OCCCCCCC. The first-order valence-electron chi connectivity index (χ1n) is 11.8. The van der Waals surface area contributed by atoms with Gasteiger partial charge in [0.15, 0.2) is 0 Å². The summed E-state index contributed by atoms with van der Waals surface area (Å²) in [5.74, 6) is -0.952. The molecule has 0 aliphatic carbocycles. The quantitative estimate of drug-likeness (QED) is 0.152. The van der Waals surface area contributed by atoms with Gasteiger partial charge in [0.1, 0.15) is 6.61 Å². The predicted molar refractivity (Wildman–Crippen MR) is 123 cm³/mol. The summed E-state index contributed by atoms with van der Waals surface area (Å²) >= 11 is 0. The zero-order valence-electron chi connectivity index (χ0n) is 19.0. The van der Waals surface area contributed by atoms with Crippen molar-refractivity contribution in [1.82, 2.24) is 0 Å². The molecule has 0 aliphatic rings. The number of ether oxygens (including phenoxy) is 2. The maximum atomic E-state index is 12.4. The molecule has 4 heteroatoms. The van der Waals surface area contributed by atoms with Crippen molar-refractivity contribution in [2.75, 3.05) is 13.2 Å². The minimum atomic E-state index is -0.491. The van der Waals surface area contributed by atoms with E-state index in [4.69, 9.17) is 9.47 Å². The van der Waals surface area contributed by atoms with E-state index in [0.29, 0.717) is 6.61 Å². The van der Waals surface area contributed by atoms with Gasteiger partial charge in [-0.15, -0.1) is 0 Å². The molecule has 1 aromatic rings. The number of hydrogen-bond acceptors (Lipinski definition) is 4. The maximum Gasteiger partial charge on any atom is 0.339 e. The van der Waals surface area contributed by atoms with Gasteiger partial charge < -0.3 is 9.47 Å². The predicted octanol–water partition coefficient (Wildman–Crippen LogP) is 7.28. The van der Waals surface area contributed by atoms with Crippen molar-refractivity contribution in [3.8, 4) is 0 Å². The summed E-state index contributed by atoms with van der Waals surface area (Å²) < 4.78 is 10.7. The maximum absolute atomic E-state index is 12.4. The molecule has 168 valence electrons. The number of allylic oxidation sites excluding steroid dienone is 1. The molecule has 0 heterocycles. The number of unbranched alkanes of at least 4 members (excludes halogenated alkanes) is 10. The van der Waals surface area contributed by atoms with E-state index in [1.807, 2.05) is 6.08 Å². The summed E-state index contributed by atoms with van der Waals surface area (Å²) in [4.78, 5) is 24.7. The lowest BCUT2D eigenvalue weighted by atomic mass is 10.1. The first-order valence-corrected chi connectivity index (χ1v) is 11.8. The minimum absolute atomic E-state index is 0.218. The molecule has 0 amide bonds. The summed E-state index contributed by atoms with van der Waals surface area (Å²) in [6.07, 6.45) is 18.0. The molecule has 0 fully saturated rings. The second-order valence-corrected chi connectivity index (χ2v) is 7.72. The molecule has 1 rings (SSSR count). The summed E-state index contributed by atoms with van der Waals surface area (Å²) in [6, 6.07) is 6.69. The fourth-order valence-electron chi connectivity index (χ4n) is 3.22. The summed E-state index contributed by atoms with van der Waals surface area (Å²) in [7, 11) is 0. The van der Waals surface area contributed by atoms with Crippen LogP contribution in [0.15, 0.2) is 36.4 Å². The van der Waals surface area contributed by atoms with E-state index in [1.54, 1.807) is 24.3 Å². The van der Waals surface area contributed by atoms with E-state index < -0.39 is 11.9 Å². The number of carbonyl (C=O) groups excluding carboxylic acids is 2. The average Bonchev–Trinajstić information content (AvgIpc) is 2.77. The Bertz CT molecular complexity index is 621. The third kappa shape index (κ3) is 11.8. The summed E-state index contributed by atoms with van der Waals surface area (Å²) in [6.45, 7) is 4.99. The van der Waals surface area contributed by atoms with Crippen molar-refractivity contribution >= 4 is 11.9 Å². The van der Waals surface area contributed by atoms with Crippen molar-refractivity contribution in [2.24, 2.45) is 0 Å². The lowest BCUT2D eigenvalue weighted by molar-refractivity contribution is 0.0470. The number of carbonyl (C=O) groups is 2. The van der Waals surface area contributed by atoms with Gasteiger partial charge in [-0.2, -0.15) is 0 Å². The Morgan fingerprint density at radius 3 is 1.87 bits per heavy atom. The average molecular weight is 417 g/mol. The summed E-state index contributed by atoms with van der Waals surface area (Å²) in [5.41, 5.74) is 0.532. The van der Waals surface area contributed by atoms with Crippen LogP contribution in [-0.4, -0.2) is 25.2 Å². The van der Waals surface area contributed by atoms with Crippen LogP contribution in [0.2, 0.25) is 0 Å². The third-order valence-corrected chi connectivity index (χ3v) is 5.05.